The number of nitrogens with two attached hydrogens (primary N) is 2. The third kappa shape index (κ3) is 2.77. The molecule has 0 saturated heterocycles. The monoisotopic (exact) mass is 292 g/mol. The Balaban J connectivity index is 2.31. The summed E-state index contributed by atoms with van der Waals surface area (Å²) < 4.78 is 2.03. The minimum Gasteiger partial charge on any atom is -0.370 e. The van der Waals surface area contributed by atoms with Crippen LogP contribution in [-0.4, -0.2) is 16.4 Å². The fourth-order valence-electron chi connectivity index (χ4n) is 2.21. The number of guanidine groups is 1. The molecule has 1 atom stereocenters. The van der Waals surface area contributed by atoms with Gasteiger partial charge in [0.15, 0.2) is 5.96 Å². The summed E-state index contributed by atoms with van der Waals surface area (Å²) in [5, 5.41) is 1.68. The van der Waals surface area contributed by atoms with Gasteiger partial charge in [-0.25, -0.2) is 0 Å². The molecule has 0 aliphatic rings. The zero-order chi connectivity index (χ0) is 14.9. The number of halogens is 1. The second-order valence-corrected chi connectivity index (χ2v) is 5.25. The molecule has 1 aromatic heterocycles. The second kappa shape index (κ2) is 5.54. The number of aryl methyl sites for hydroxylation is 1. The summed E-state index contributed by atoms with van der Waals surface area (Å²) in [6.45, 7) is 1.80. The van der Waals surface area contributed by atoms with Crippen molar-refractivity contribution in [1.82, 2.24) is 4.57 Å². The minimum atomic E-state index is -0.318. The number of amides is 1. The van der Waals surface area contributed by atoms with Crippen molar-refractivity contribution in [3.8, 4) is 0 Å². The Morgan fingerprint density at radius 2 is 2.15 bits per heavy atom. The van der Waals surface area contributed by atoms with Gasteiger partial charge in [0.05, 0.1) is 0 Å². The van der Waals surface area contributed by atoms with Crippen LogP contribution in [0.5, 0.6) is 0 Å². The number of carbonyl (C=O) groups excluding carboxylic acids is 1. The van der Waals surface area contributed by atoms with Crippen LogP contribution in [0.2, 0.25) is 5.02 Å². The summed E-state index contributed by atoms with van der Waals surface area (Å²) in [4.78, 5) is 15.3. The van der Waals surface area contributed by atoms with E-state index >= 15 is 0 Å². The van der Waals surface area contributed by atoms with Gasteiger partial charge in [0.2, 0.25) is 0 Å². The first-order valence-electron chi connectivity index (χ1n) is 6.26. The molecule has 1 heterocycles. The number of rotatable bonds is 3. The van der Waals surface area contributed by atoms with E-state index in [0.717, 1.165) is 16.6 Å². The molecule has 1 unspecified atom stereocenters. The van der Waals surface area contributed by atoms with Crippen LogP contribution in [-0.2, 0) is 18.3 Å². The summed E-state index contributed by atoms with van der Waals surface area (Å²) in [6.07, 6.45) is 0.553. The number of aromatic nitrogens is 1. The summed E-state index contributed by atoms with van der Waals surface area (Å²) in [5.41, 5.74) is 12.5. The van der Waals surface area contributed by atoms with E-state index in [2.05, 4.69) is 4.99 Å². The lowest BCUT2D eigenvalue weighted by Crippen LogP contribution is -2.26. The number of hydrogen-bond acceptors (Lipinski definition) is 1. The highest BCUT2D eigenvalue weighted by Crippen LogP contribution is 2.27. The standard InChI is InChI=1S/C14H17ClN4O/c1-8(13(20)18-14(16)17)6-9-7-10-11(15)4-3-5-12(10)19(9)2/h3-5,7-8H,6H2,1-2H3,(H4,16,17,18,20). The quantitative estimate of drug-likeness (QED) is 0.668. The fraction of sp³-hybridized carbons (Fsp3) is 0.286. The van der Waals surface area contributed by atoms with Gasteiger partial charge in [-0.1, -0.05) is 24.6 Å². The van der Waals surface area contributed by atoms with Crippen LogP contribution in [0.3, 0.4) is 0 Å². The van der Waals surface area contributed by atoms with Crippen molar-refractivity contribution in [2.45, 2.75) is 13.3 Å². The lowest BCUT2D eigenvalue weighted by atomic mass is 10.1. The summed E-state index contributed by atoms with van der Waals surface area (Å²) in [6, 6.07) is 7.74. The van der Waals surface area contributed by atoms with Crippen molar-refractivity contribution in [3.63, 3.8) is 0 Å². The smallest absolute Gasteiger partial charge is 0.252 e. The predicted octanol–water partition coefficient (Wildman–Crippen LogP) is 1.81. The van der Waals surface area contributed by atoms with E-state index < -0.39 is 0 Å². The van der Waals surface area contributed by atoms with Crippen LogP contribution >= 0.6 is 11.6 Å². The number of benzene rings is 1. The molecule has 6 heteroatoms. The lowest BCUT2D eigenvalue weighted by molar-refractivity contribution is -0.121. The first-order valence-corrected chi connectivity index (χ1v) is 6.64. The SMILES string of the molecule is CC(Cc1cc2c(Cl)cccc2n1C)C(=O)N=C(N)N. The number of carbonyl (C=O) groups is 1. The molecule has 0 bridgehead atoms. The highest BCUT2D eigenvalue weighted by Gasteiger charge is 2.16. The Morgan fingerprint density at radius 3 is 2.75 bits per heavy atom. The molecule has 0 aliphatic heterocycles. The average molecular weight is 293 g/mol. The van der Waals surface area contributed by atoms with E-state index in [1.807, 2.05) is 35.9 Å². The number of nitrogens with zero attached hydrogens (tertiary/aromatic N) is 2. The molecule has 4 N–H and O–H groups in total. The van der Waals surface area contributed by atoms with Crippen LogP contribution in [0.25, 0.3) is 10.9 Å². The molecule has 0 spiro atoms. The number of hydrogen-bond donors (Lipinski definition) is 2. The van der Waals surface area contributed by atoms with Crippen molar-refractivity contribution in [2.24, 2.45) is 29.4 Å². The molecule has 20 heavy (non-hydrogen) atoms. The van der Waals surface area contributed by atoms with Gasteiger partial charge in [-0.15, -0.1) is 0 Å². The Labute approximate surface area is 122 Å². The molecule has 0 aliphatic carbocycles. The first-order chi connectivity index (χ1) is 9.40. The third-order valence-electron chi connectivity index (χ3n) is 3.31. The van der Waals surface area contributed by atoms with Gasteiger partial charge in [-0.3, -0.25) is 4.79 Å². The van der Waals surface area contributed by atoms with Crippen molar-refractivity contribution in [3.05, 3.63) is 35.0 Å². The maximum atomic E-state index is 11.8. The van der Waals surface area contributed by atoms with Gasteiger partial charge in [0, 0.05) is 34.6 Å². The molecule has 0 radical (unpaired) electrons. The van der Waals surface area contributed by atoms with Gasteiger partial charge in [-0.05, 0) is 24.6 Å². The topological polar surface area (TPSA) is 86.4 Å². The van der Waals surface area contributed by atoms with Crippen molar-refractivity contribution < 1.29 is 4.79 Å². The summed E-state index contributed by atoms with van der Waals surface area (Å²) >= 11 is 6.18. The Kier molecular flexibility index (Phi) is 3.99. The van der Waals surface area contributed by atoms with E-state index in [-0.39, 0.29) is 17.8 Å². The minimum absolute atomic E-state index is 0.207. The molecule has 2 rings (SSSR count). The zero-order valence-electron chi connectivity index (χ0n) is 11.4. The van der Waals surface area contributed by atoms with Crippen LogP contribution in [0.1, 0.15) is 12.6 Å². The average Bonchev–Trinajstić information content (AvgIpc) is 2.68. The Morgan fingerprint density at radius 1 is 1.45 bits per heavy atom. The predicted molar refractivity (Wildman–Crippen MR) is 81.6 cm³/mol. The van der Waals surface area contributed by atoms with Crippen LogP contribution < -0.4 is 11.5 Å². The fourth-order valence-corrected chi connectivity index (χ4v) is 2.44. The van der Waals surface area contributed by atoms with E-state index in [4.69, 9.17) is 23.1 Å². The molecule has 5 nitrogen and oxygen atoms in total. The molecule has 1 amide bonds. The zero-order valence-corrected chi connectivity index (χ0v) is 12.2. The third-order valence-corrected chi connectivity index (χ3v) is 3.64. The normalized spacial score (nSPS) is 12.3. The van der Waals surface area contributed by atoms with Gasteiger partial charge in [-0.2, -0.15) is 4.99 Å². The first kappa shape index (κ1) is 14.4. The molecule has 0 fully saturated rings. The number of fused-ring (bicyclic) bond motifs is 1. The summed E-state index contributed by atoms with van der Waals surface area (Å²) in [5.74, 6) is -0.817. The summed E-state index contributed by atoms with van der Waals surface area (Å²) in [7, 11) is 1.95. The highest BCUT2D eigenvalue weighted by molar-refractivity contribution is 6.35. The molecule has 2 aromatic rings. The van der Waals surface area contributed by atoms with Crippen molar-refractivity contribution >= 4 is 34.4 Å². The van der Waals surface area contributed by atoms with Gasteiger partial charge < -0.3 is 16.0 Å². The maximum absolute atomic E-state index is 11.8. The van der Waals surface area contributed by atoms with E-state index in [1.165, 1.54) is 0 Å². The molecule has 1 aromatic carbocycles. The lowest BCUT2D eigenvalue weighted by Gasteiger charge is -2.08. The Bertz CT molecular complexity index is 686. The van der Waals surface area contributed by atoms with Gasteiger partial charge in [0.25, 0.3) is 5.91 Å². The molecular weight excluding hydrogens is 276 g/mol. The van der Waals surface area contributed by atoms with Crippen LogP contribution in [0.4, 0.5) is 0 Å². The largest absolute Gasteiger partial charge is 0.370 e. The Hall–Kier alpha value is -2.01. The highest BCUT2D eigenvalue weighted by atomic mass is 35.5. The molecule has 106 valence electrons. The molecular formula is C14H17ClN4O. The number of aliphatic imine (C=N–C) groups is 1. The van der Waals surface area contributed by atoms with Gasteiger partial charge in [0.1, 0.15) is 0 Å². The van der Waals surface area contributed by atoms with Gasteiger partial charge >= 0.3 is 0 Å². The maximum Gasteiger partial charge on any atom is 0.252 e. The van der Waals surface area contributed by atoms with Crippen molar-refractivity contribution in [2.75, 3.05) is 0 Å². The van der Waals surface area contributed by atoms with E-state index in [1.54, 1.807) is 6.92 Å². The van der Waals surface area contributed by atoms with E-state index in [0.29, 0.717) is 11.4 Å². The van der Waals surface area contributed by atoms with E-state index in [9.17, 15) is 4.79 Å². The molecule has 0 saturated carbocycles. The second-order valence-electron chi connectivity index (χ2n) is 4.85. The van der Waals surface area contributed by atoms with Crippen LogP contribution in [0.15, 0.2) is 29.3 Å². The van der Waals surface area contributed by atoms with Crippen molar-refractivity contribution in [1.29, 1.82) is 0 Å². The van der Waals surface area contributed by atoms with Crippen LogP contribution in [0, 0.1) is 5.92 Å².